The van der Waals surface area contributed by atoms with Gasteiger partial charge in [0.2, 0.25) is 0 Å². The van der Waals surface area contributed by atoms with Gasteiger partial charge in [-0.1, -0.05) is 12.1 Å². The van der Waals surface area contributed by atoms with Crippen molar-refractivity contribution in [2.45, 2.75) is 20.8 Å². The van der Waals surface area contributed by atoms with E-state index in [0.717, 1.165) is 10.4 Å². The zero-order valence-corrected chi connectivity index (χ0v) is 16.3. The number of ketones is 1. The number of carbonyl (C=O) groups is 3. The van der Waals surface area contributed by atoms with Gasteiger partial charge in [-0.15, -0.1) is 11.3 Å². The fourth-order valence-electron chi connectivity index (χ4n) is 2.97. The molecular formula is C20H18FN3O3S. The summed E-state index contributed by atoms with van der Waals surface area (Å²) in [4.78, 5) is 40.4. The molecule has 3 N–H and O–H groups in total. The minimum atomic E-state index is -0.545. The molecule has 0 unspecified atom stereocenters. The van der Waals surface area contributed by atoms with E-state index in [0.29, 0.717) is 21.7 Å². The maximum atomic E-state index is 13.0. The summed E-state index contributed by atoms with van der Waals surface area (Å²) in [6.07, 6.45) is 0. The van der Waals surface area contributed by atoms with Gasteiger partial charge in [-0.2, -0.15) is 0 Å². The number of carbonyl (C=O) groups excluding carboxylic acids is 3. The molecule has 0 atom stereocenters. The highest BCUT2D eigenvalue weighted by molar-refractivity contribution is 7.17. The van der Waals surface area contributed by atoms with Gasteiger partial charge in [0.05, 0.1) is 4.88 Å². The third-order valence-electron chi connectivity index (χ3n) is 4.26. The van der Waals surface area contributed by atoms with Crippen molar-refractivity contribution in [3.05, 3.63) is 69.6 Å². The number of amides is 2. The Morgan fingerprint density at radius 2 is 1.61 bits per heavy atom. The van der Waals surface area contributed by atoms with Crippen LogP contribution in [0.2, 0.25) is 0 Å². The van der Waals surface area contributed by atoms with Crippen molar-refractivity contribution in [1.29, 1.82) is 0 Å². The van der Waals surface area contributed by atoms with Crippen LogP contribution in [0.3, 0.4) is 0 Å². The highest BCUT2D eigenvalue weighted by Gasteiger charge is 2.20. The monoisotopic (exact) mass is 399 g/mol. The fourth-order valence-corrected chi connectivity index (χ4v) is 3.88. The molecule has 2 amide bonds. The van der Waals surface area contributed by atoms with Crippen LogP contribution in [-0.2, 0) is 0 Å². The molecule has 2 aromatic heterocycles. The van der Waals surface area contributed by atoms with E-state index in [-0.39, 0.29) is 17.3 Å². The number of benzene rings is 1. The van der Waals surface area contributed by atoms with E-state index in [2.05, 4.69) is 15.8 Å². The molecule has 0 radical (unpaired) electrons. The summed E-state index contributed by atoms with van der Waals surface area (Å²) in [6, 6.07) is 9.35. The number of nitrogens with one attached hydrogen (secondary N) is 3. The minimum Gasteiger partial charge on any atom is -0.354 e. The predicted octanol–water partition coefficient (Wildman–Crippen LogP) is 3.78. The van der Waals surface area contributed by atoms with Crippen LogP contribution in [0.1, 0.15) is 48.7 Å². The van der Waals surface area contributed by atoms with Gasteiger partial charge >= 0.3 is 0 Å². The topological polar surface area (TPSA) is 91.1 Å². The number of aromatic nitrogens is 1. The molecule has 0 aliphatic carbocycles. The molecule has 8 heteroatoms. The van der Waals surface area contributed by atoms with Crippen LogP contribution in [0.4, 0.5) is 4.39 Å². The van der Waals surface area contributed by atoms with Crippen molar-refractivity contribution in [2.24, 2.45) is 0 Å². The van der Waals surface area contributed by atoms with Crippen LogP contribution in [0.5, 0.6) is 0 Å². The lowest BCUT2D eigenvalue weighted by Gasteiger charge is -2.06. The van der Waals surface area contributed by atoms with Crippen molar-refractivity contribution in [2.75, 3.05) is 0 Å². The summed E-state index contributed by atoms with van der Waals surface area (Å²) < 4.78 is 13.0. The van der Waals surface area contributed by atoms with Crippen LogP contribution < -0.4 is 10.9 Å². The Kier molecular flexibility index (Phi) is 5.41. The van der Waals surface area contributed by atoms with Crippen molar-refractivity contribution < 1.29 is 18.8 Å². The van der Waals surface area contributed by atoms with Gasteiger partial charge in [-0.3, -0.25) is 25.2 Å². The number of hydrazine groups is 1. The van der Waals surface area contributed by atoms with Gasteiger partial charge in [0, 0.05) is 16.1 Å². The second-order valence-corrected chi connectivity index (χ2v) is 7.34. The van der Waals surface area contributed by atoms with Crippen LogP contribution in [0.15, 0.2) is 36.4 Å². The lowest BCUT2D eigenvalue weighted by Crippen LogP contribution is -2.41. The van der Waals surface area contributed by atoms with Crippen LogP contribution in [0.25, 0.3) is 10.4 Å². The SMILES string of the molecule is CC(=O)c1c(C)[nH]c(C(=O)NNC(=O)c2ccc(-c3ccc(F)cc3)s2)c1C. The smallest absolute Gasteiger partial charge is 0.286 e. The second-order valence-electron chi connectivity index (χ2n) is 6.26. The summed E-state index contributed by atoms with van der Waals surface area (Å²) in [5, 5.41) is 0. The van der Waals surface area contributed by atoms with Gasteiger partial charge in [-0.05, 0) is 56.2 Å². The number of H-pyrrole nitrogens is 1. The van der Waals surface area contributed by atoms with Gasteiger partial charge in [-0.25, -0.2) is 4.39 Å². The lowest BCUT2D eigenvalue weighted by molar-refractivity contribution is 0.0846. The second kappa shape index (κ2) is 7.77. The molecule has 0 spiro atoms. The fraction of sp³-hybridized carbons (Fsp3) is 0.150. The third kappa shape index (κ3) is 3.86. The molecule has 3 rings (SSSR count). The van der Waals surface area contributed by atoms with Crippen molar-refractivity contribution in [1.82, 2.24) is 15.8 Å². The molecule has 3 aromatic rings. The maximum Gasteiger partial charge on any atom is 0.286 e. The van der Waals surface area contributed by atoms with E-state index in [1.807, 2.05) is 0 Å². The van der Waals surface area contributed by atoms with Crippen molar-refractivity contribution in [3.63, 3.8) is 0 Å². The lowest BCUT2D eigenvalue weighted by atomic mass is 10.1. The van der Waals surface area contributed by atoms with Gasteiger partial charge in [0.15, 0.2) is 5.78 Å². The Morgan fingerprint density at radius 3 is 2.21 bits per heavy atom. The van der Waals surface area contributed by atoms with Gasteiger partial charge < -0.3 is 4.98 Å². The molecule has 1 aromatic carbocycles. The largest absolute Gasteiger partial charge is 0.354 e. The summed E-state index contributed by atoms with van der Waals surface area (Å²) in [5.74, 6) is -1.48. The molecular weight excluding hydrogens is 381 g/mol. The molecule has 6 nitrogen and oxygen atoms in total. The Morgan fingerprint density at radius 1 is 0.964 bits per heavy atom. The van der Waals surface area contributed by atoms with E-state index in [4.69, 9.17) is 0 Å². The van der Waals surface area contributed by atoms with Crippen LogP contribution >= 0.6 is 11.3 Å². The number of rotatable bonds is 4. The summed E-state index contributed by atoms with van der Waals surface area (Å²) in [6.45, 7) is 4.81. The first-order valence-corrected chi connectivity index (χ1v) is 9.26. The van der Waals surface area contributed by atoms with Gasteiger partial charge in [0.1, 0.15) is 11.5 Å². The Bertz CT molecular complexity index is 1070. The average molecular weight is 399 g/mol. The zero-order valence-electron chi connectivity index (χ0n) is 15.5. The first-order chi connectivity index (χ1) is 13.3. The minimum absolute atomic E-state index is 0.138. The first kappa shape index (κ1) is 19.5. The Hall–Kier alpha value is -3.26. The molecule has 0 fully saturated rings. The van der Waals surface area contributed by atoms with Crippen molar-refractivity contribution in [3.8, 4) is 10.4 Å². The number of hydrogen-bond acceptors (Lipinski definition) is 4. The van der Waals surface area contributed by atoms with Crippen LogP contribution in [0, 0.1) is 19.7 Å². The molecule has 0 aliphatic heterocycles. The standard InChI is InChI=1S/C20H18FN3O3S/c1-10-17(12(3)25)11(2)22-18(10)20(27)24-23-19(26)16-9-8-15(28-16)13-4-6-14(21)7-5-13/h4-9,22H,1-3H3,(H,23,26)(H,24,27). The van der Waals surface area contributed by atoms with Crippen molar-refractivity contribution >= 4 is 28.9 Å². The van der Waals surface area contributed by atoms with E-state index >= 15 is 0 Å². The number of halogens is 1. The van der Waals surface area contributed by atoms with E-state index in [1.165, 1.54) is 30.4 Å². The number of Topliss-reactive ketones (excluding diaryl/α,β-unsaturated/α-hetero) is 1. The molecule has 0 bridgehead atoms. The number of aryl methyl sites for hydroxylation is 1. The maximum absolute atomic E-state index is 13.0. The zero-order chi connectivity index (χ0) is 20.4. The Balaban J connectivity index is 1.68. The Labute approximate surface area is 164 Å². The van der Waals surface area contributed by atoms with E-state index in [1.54, 1.807) is 38.1 Å². The number of hydrogen-bond donors (Lipinski definition) is 3. The summed E-state index contributed by atoms with van der Waals surface area (Å²) >= 11 is 1.22. The molecule has 0 aliphatic rings. The average Bonchev–Trinajstić information content (AvgIpc) is 3.25. The first-order valence-electron chi connectivity index (χ1n) is 8.44. The number of aromatic amines is 1. The van der Waals surface area contributed by atoms with E-state index in [9.17, 15) is 18.8 Å². The van der Waals surface area contributed by atoms with Gasteiger partial charge in [0.25, 0.3) is 11.8 Å². The molecule has 0 saturated carbocycles. The predicted molar refractivity (Wildman–Crippen MR) is 105 cm³/mol. The highest BCUT2D eigenvalue weighted by Crippen LogP contribution is 2.28. The van der Waals surface area contributed by atoms with Crippen LogP contribution in [-0.4, -0.2) is 22.6 Å². The highest BCUT2D eigenvalue weighted by atomic mass is 32.1. The normalized spacial score (nSPS) is 10.6. The summed E-state index contributed by atoms with van der Waals surface area (Å²) in [7, 11) is 0. The molecule has 144 valence electrons. The molecule has 0 saturated heterocycles. The summed E-state index contributed by atoms with van der Waals surface area (Å²) in [5.41, 5.74) is 7.34. The van der Waals surface area contributed by atoms with E-state index < -0.39 is 11.8 Å². The quantitative estimate of drug-likeness (QED) is 0.461. The number of thiophene rings is 1. The molecule has 2 heterocycles. The molecule has 28 heavy (non-hydrogen) atoms. The third-order valence-corrected chi connectivity index (χ3v) is 5.40.